The van der Waals surface area contributed by atoms with Crippen LogP contribution in [0, 0.1) is 0 Å². The molecule has 6 heteroatoms. The van der Waals surface area contributed by atoms with E-state index < -0.39 is 12.1 Å². The molecule has 0 aromatic heterocycles. The highest BCUT2D eigenvalue weighted by Crippen LogP contribution is 2.49. The molecule has 2 aliphatic heterocycles. The van der Waals surface area contributed by atoms with Gasteiger partial charge < -0.3 is 19.3 Å². The lowest BCUT2D eigenvalue weighted by Gasteiger charge is -2.18. The Labute approximate surface area is 121 Å². The third-order valence-corrected chi connectivity index (χ3v) is 3.96. The Morgan fingerprint density at radius 2 is 1.95 bits per heavy atom. The molecule has 3 rings (SSSR count). The van der Waals surface area contributed by atoms with Crippen molar-refractivity contribution < 1.29 is 24.1 Å². The predicted molar refractivity (Wildman–Crippen MR) is 71.4 cm³/mol. The van der Waals surface area contributed by atoms with Gasteiger partial charge in [0.2, 0.25) is 0 Å². The summed E-state index contributed by atoms with van der Waals surface area (Å²) in [7, 11) is 0. The molecule has 0 bridgehead atoms. The number of carbonyl (C=O) groups excluding carboxylic acids is 1. The van der Waals surface area contributed by atoms with E-state index in [0.717, 1.165) is 11.1 Å². The Bertz CT molecular complexity index is 534. The van der Waals surface area contributed by atoms with Crippen LogP contribution in [0.3, 0.4) is 0 Å². The maximum atomic E-state index is 11.8. The second kappa shape index (κ2) is 5.14. The zero-order valence-corrected chi connectivity index (χ0v) is 11.8. The Kier molecular flexibility index (Phi) is 3.48. The lowest BCUT2D eigenvalue weighted by atomic mass is 9.95. The molecule has 0 fully saturated rings. The quantitative estimate of drug-likeness (QED) is 0.862. The Hall–Kier alpha value is -1.46. The Morgan fingerprint density at radius 3 is 2.65 bits per heavy atom. The monoisotopic (exact) mass is 298 g/mol. The van der Waals surface area contributed by atoms with Crippen LogP contribution in [0.1, 0.15) is 29.7 Å². The van der Waals surface area contributed by atoms with Crippen LogP contribution in [0.2, 0.25) is 5.02 Å². The molecular formula is C14H15ClO5. The zero-order chi connectivity index (χ0) is 14.3. The number of carbonyl (C=O) groups is 1. The molecule has 1 unspecified atom stereocenters. The molecule has 0 radical (unpaired) electrons. The predicted octanol–water partition coefficient (Wildman–Crippen LogP) is 1.81. The molecule has 2 heterocycles. The normalized spacial score (nSPS) is 16.9. The molecule has 0 saturated heterocycles. The summed E-state index contributed by atoms with van der Waals surface area (Å²) >= 11 is 6.31. The molecule has 20 heavy (non-hydrogen) atoms. The first-order valence-electron chi connectivity index (χ1n) is 6.62. The number of benzene rings is 1. The van der Waals surface area contributed by atoms with Gasteiger partial charge >= 0.3 is 5.97 Å². The smallest absolute Gasteiger partial charge is 0.339 e. The Morgan fingerprint density at radius 1 is 1.30 bits per heavy atom. The van der Waals surface area contributed by atoms with Crippen LogP contribution in [-0.4, -0.2) is 30.9 Å². The largest absolute Gasteiger partial charge is 0.492 e. The van der Waals surface area contributed by atoms with Crippen LogP contribution in [0.25, 0.3) is 0 Å². The van der Waals surface area contributed by atoms with Crippen molar-refractivity contribution in [2.24, 2.45) is 0 Å². The van der Waals surface area contributed by atoms with Gasteiger partial charge in [0.25, 0.3) is 0 Å². The summed E-state index contributed by atoms with van der Waals surface area (Å²) in [4.78, 5) is 11.8. The summed E-state index contributed by atoms with van der Waals surface area (Å²) in [5.41, 5.74) is 2.00. The molecule has 0 amide bonds. The molecule has 0 spiro atoms. The first-order chi connectivity index (χ1) is 9.65. The van der Waals surface area contributed by atoms with Crippen LogP contribution in [0.4, 0.5) is 0 Å². The minimum atomic E-state index is -1.37. The highest BCUT2D eigenvalue weighted by molar-refractivity contribution is 6.33. The Balaban J connectivity index is 2.13. The molecule has 0 saturated carbocycles. The SMILES string of the molecule is CCOC(=O)C(O)c1c2c(c(Cl)c3c1OCC3)OCC2. The molecule has 1 aromatic rings. The highest BCUT2D eigenvalue weighted by Gasteiger charge is 2.36. The van der Waals surface area contributed by atoms with E-state index in [0.29, 0.717) is 48.1 Å². The van der Waals surface area contributed by atoms with E-state index in [2.05, 4.69) is 0 Å². The number of fused-ring (bicyclic) bond motifs is 2. The van der Waals surface area contributed by atoms with Gasteiger partial charge in [-0.15, -0.1) is 0 Å². The summed E-state index contributed by atoms with van der Waals surface area (Å²) < 4.78 is 16.0. The molecule has 1 atom stereocenters. The van der Waals surface area contributed by atoms with Gasteiger partial charge in [0.1, 0.15) is 11.5 Å². The van der Waals surface area contributed by atoms with E-state index in [9.17, 15) is 9.90 Å². The van der Waals surface area contributed by atoms with Crippen molar-refractivity contribution >= 4 is 17.6 Å². The number of aliphatic hydroxyl groups is 1. The summed E-state index contributed by atoms with van der Waals surface area (Å²) in [6.45, 7) is 2.88. The topological polar surface area (TPSA) is 65.0 Å². The number of esters is 1. The van der Waals surface area contributed by atoms with Crippen LogP contribution in [-0.2, 0) is 22.4 Å². The number of halogens is 1. The maximum absolute atomic E-state index is 11.8. The van der Waals surface area contributed by atoms with E-state index in [1.54, 1.807) is 6.92 Å². The first kappa shape index (κ1) is 13.5. The third-order valence-electron chi connectivity index (χ3n) is 3.56. The number of hydrogen-bond donors (Lipinski definition) is 1. The van der Waals surface area contributed by atoms with Gasteiger partial charge in [0.05, 0.1) is 24.8 Å². The van der Waals surface area contributed by atoms with Gasteiger partial charge in [0.15, 0.2) is 6.10 Å². The molecule has 1 N–H and O–H groups in total. The molecule has 0 aliphatic carbocycles. The van der Waals surface area contributed by atoms with Gasteiger partial charge in [-0.3, -0.25) is 0 Å². The lowest BCUT2D eigenvalue weighted by molar-refractivity contribution is -0.153. The van der Waals surface area contributed by atoms with E-state index in [4.69, 9.17) is 25.8 Å². The molecule has 5 nitrogen and oxygen atoms in total. The summed E-state index contributed by atoms with van der Waals surface area (Å²) in [5.74, 6) is 0.399. The van der Waals surface area contributed by atoms with Crippen LogP contribution in [0.5, 0.6) is 11.5 Å². The molecular weight excluding hydrogens is 284 g/mol. The second-order valence-electron chi connectivity index (χ2n) is 4.69. The molecule has 1 aromatic carbocycles. The van der Waals surface area contributed by atoms with E-state index in [1.807, 2.05) is 0 Å². The van der Waals surface area contributed by atoms with Crippen molar-refractivity contribution in [2.75, 3.05) is 19.8 Å². The fourth-order valence-corrected chi connectivity index (χ4v) is 3.07. The highest BCUT2D eigenvalue weighted by atomic mass is 35.5. The van der Waals surface area contributed by atoms with Crippen molar-refractivity contribution in [3.05, 3.63) is 21.7 Å². The van der Waals surface area contributed by atoms with E-state index in [-0.39, 0.29) is 6.61 Å². The van der Waals surface area contributed by atoms with Gasteiger partial charge in [-0.2, -0.15) is 0 Å². The summed E-state index contributed by atoms with van der Waals surface area (Å²) in [5, 5.41) is 10.8. The molecule has 2 aliphatic rings. The van der Waals surface area contributed by atoms with Gasteiger partial charge in [-0.1, -0.05) is 11.6 Å². The fourth-order valence-electron chi connectivity index (χ4n) is 2.72. The van der Waals surface area contributed by atoms with Crippen molar-refractivity contribution in [1.29, 1.82) is 0 Å². The van der Waals surface area contributed by atoms with Crippen molar-refractivity contribution in [3.8, 4) is 11.5 Å². The standard InChI is InChI=1S/C14H15ClO5/c1-2-18-14(17)11(16)9-7-3-5-20-13(7)10(15)8-4-6-19-12(8)9/h11,16H,2-6H2,1H3. The minimum absolute atomic E-state index is 0.214. The van der Waals surface area contributed by atoms with Crippen molar-refractivity contribution in [3.63, 3.8) is 0 Å². The number of hydrogen-bond acceptors (Lipinski definition) is 5. The van der Waals surface area contributed by atoms with Crippen molar-refractivity contribution in [1.82, 2.24) is 0 Å². The number of aliphatic hydroxyl groups excluding tert-OH is 1. The average Bonchev–Trinajstić information content (AvgIpc) is 3.07. The number of rotatable bonds is 3. The average molecular weight is 299 g/mol. The van der Waals surface area contributed by atoms with Gasteiger partial charge in [-0.05, 0) is 6.92 Å². The summed E-state index contributed by atoms with van der Waals surface area (Å²) in [6.07, 6.45) is -0.125. The van der Waals surface area contributed by atoms with E-state index in [1.165, 1.54) is 0 Å². The second-order valence-corrected chi connectivity index (χ2v) is 5.07. The number of ether oxygens (including phenoxy) is 3. The van der Waals surface area contributed by atoms with Crippen LogP contribution >= 0.6 is 11.6 Å². The van der Waals surface area contributed by atoms with E-state index >= 15 is 0 Å². The molecule has 108 valence electrons. The fraction of sp³-hybridized carbons (Fsp3) is 0.500. The van der Waals surface area contributed by atoms with Gasteiger partial charge in [0, 0.05) is 29.5 Å². The lowest BCUT2D eigenvalue weighted by Crippen LogP contribution is -2.17. The zero-order valence-electron chi connectivity index (χ0n) is 11.1. The van der Waals surface area contributed by atoms with Crippen LogP contribution < -0.4 is 9.47 Å². The first-order valence-corrected chi connectivity index (χ1v) is 7.00. The van der Waals surface area contributed by atoms with Crippen LogP contribution in [0.15, 0.2) is 0 Å². The minimum Gasteiger partial charge on any atom is -0.492 e. The third kappa shape index (κ3) is 1.93. The van der Waals surface area contributed by atoms with Gasteiger partial charge in [-0.25, -0.2) is 4.79 Å². The maximum Gasteiger partial charge on any atom is 0.339 e. The summed E-state index contributed by atoms with van der Waals surface area (Å²) in [6, 6.07) is 0. The van der Waals surface area contributed by atoms with Crippen molar-refractivity contribution in [2.45, 2.75) is 25.9 Å².